The van der Waals surface area contributed by atoms with Crippen molar-refractivity contribution < 1.29 is 27.4 Å². The fourth-order valence-corrected chi connectivity index (χ4v) is 3.60. The number of aryl methyl sites for hydroxylation is 1. The summed E-state index contributed by atoms with van der Waals surface area (Å²) < 4.78 is 50.2. The summed E-state index contributed by atoms with van der Waals surface area (Å²) in [5.41, 5.74) is 1.96. The van der Waals surface area contributed by atoms with Crippen LogP contribution in [0.25, 0.3) is 11.3 Å². The van der Waals surface area contributed by atoms with E-state index < -0.39 is 17.7 Å². The van der Waals surface area contributed by atoms with Crippen LogP contribution < -0.4 is 9.47 Å². The Morgan fingerprint density at radius 2 is 1.76 bits per heavy atom. The SMILES string of the molecule is CCCCCC(Oc1ccc(OC(C)=O)c(C)c1)c1cccc(-c2ccc(C(F)(F)F)cc2)n1. The molecule has 2 aromatic carbocycles. The molecule has 0 radical (unpaired) electrons. The van der Waals surface area contributed by atoms with Crippen LogP contribution in [0.1, 0.15) is 62.5 Å². The molecule has 3 rings (SSSR count). The summed E-state index contributed by atoms with van der Waals surface area (Å²) >= 11 is 0. The zero-order valence-electron chi connectivity index (χ0n) is 19.5. The predicted molar refractivity (Wildman–Crippen MR) is 125 cm³/mol. The highest BCUT2D eigenvalue weighted by molar-refractivity contribution is 5.70. The van der Waals surface area contributed by atoms with Gasteiger partial charge in [0.1, 0.15) is 17.6 Å². The number of benzene rings is 2. The highest BCUT2D eigenvalue weighted by Gasteiger charge is 2.30. The number of hydrogen-bond donors (Lipinski definition) is 0. The number of alkyl halides is 3. The average Bonchev–Trinajstić information content (AvgIpc) is 2.80. The first-order chi connectivity index (χ1) is 16.2. The fraction of sp³-hybridized carbons (Fsp3) is 0.333. The van der Waals surface area contributed by atoms with Crippen molar-refractivity contribution in [3.05, 3.63) is 77.5 Å². The van der Waals surface area contributed by atoms with Gasteiger partial charge in [0.25, 0.3) is 0 Å². The van der Waals surface area contributed by atoms with E-state index in [0.717, 1.165) is 43.4 Å². The lowest BCUT2D eigenvalue weighted by Gasteiger charge is -2.20. The number of pyridine rings is 1. The average molecular weight is 472 g/mol. The molecule has 180 valence electrons. The molecule has 1 atom stereocenters. The van der Waals surface area contributed by atoms with Gasteiger partial charge in [0.15, 0.2) is 0 Å². The van der Waals surface area contributed by atoms with Crippen molar-refractivity contribution in [2.45, 2.75) is 58.7 Å². The van der Waals surface area contributed by atoms with E-state index in [1.165, 1.54) is 19.1 Å². The summed E-state index contributed by atoms with van der Waals surface area (Å²) in [7, 11) is 0. The summed E-state index contributed by atoms with van der Waals surface area (Å²) in [5.74, 6) is 0.708. The first-order valence-corrected chi connectivity index (χ1v) is 11.3. The Morgan fingerprint density at radius 1 is 1.03 bits per heavy atom. The van der Waals surface area contributed by atoms with Crippen LogP contribution in [-0.2, 0) is 11.0 Å². The van der Waals surface area contributed by atoms with Crippen LogP contribution in [0.2, 0.25) is 0 Å². The van der Waals surface area contributed by atoms with Crippen molar-refractivity contribution in [2.24, 2.45) is 0 Å². The number of carbonyl (C=O) groups excluding carboxylic acids is 1. The maximum Gasteiger partial charge on any atom is 0.416 e. The molecule has 4 nitrogen and oxygen atoms in total. The second kappa shape index (κ2) is 11.2. The third-order valence-corrected chi connectivity index (χ3v) is 5.36. The Bertz CT molecular complexity index is 1110. The van der Waals surface area contributed by atoms with E-state index >= 15 is 0 Å². The molecule has 0 spiro atoms. The zero-order chi connectivity index (χ0) is 24.7. The Hall–Kier alpha value is -3.35. The Labute approximate surface area is 197 Å². The third kappa shape index (κ3) is 6.83. The highest BCUT2D eigenvalue weighted by Crippen LogP contribution is 2.32. The maximum absolute atomic E-state index is 12.9. The van der Waals surface area contributed by atoms with Crippen LogP contribution in [0, 0.1) is 6.92 Å². The molecule has 1 heterocycles. The van der Waals surface area contributed by atoms with Gasteiger partial charge in [-0.3, -0.25) is 4.79 Å². The molecule has 7 heteroatoms. The zero-order valence-corrected chi connectivity index (χ0v) is 19.5. The van der Waals surface area contributed by atoms with Crippen LogP contribution in [0.3, 0.4) is 0 Å². The van der Waals surface area contributed by atoms with Crippen molar-refractivity contribution in [3.8, 4) is 22.8 Å². The smallest absolute Gasteiger partial charge is 0.416 e. The molecule has 1 unspecified atom stereocenters. The Balaban J connectivity index is 1.86. The number of halogens is 3. The molecule has 3 aromatic rings. The molecule has 0 amide bonds. The summed E-state index contributed by atoms with van der Waals surface area (Å²) in [6.07, 6.45) is -0.931. The minimum atomic E-state index is -4.38. The predicted octanol–water partition coefficient (Wildman–Crippen LogP) is 7.70. The molecule has 0 fully saturated rings. The van der Waals surface area contributed by atoms with Crippen LogP contribution in [-0.4, -0.2) is 11.0 Å². The van der Waals surface area contributed by atoms with Crippen LogP contribution >= 0.6 is 0 Å². The normalized spacial score (nSPS) is 12.3. The Kier molecular flexibility index (Phi) is 8.31. The fourth-order valence-electron chi connectivity index (χ4n) is 3.60. The second-order valence-electron chi connectivity index (χ2n) is 8.15. The monoisotopic (exact) mass is 471 g/mol. The van der Waals surface area contributed by atoms with E-state index in [1.807, 2.05) is 25.1 Å². The van der Waals surface area contributed by atoms with E-state index in [1.54, 1.807) is 18.2 Å². The summed E-state index contributed by atoms with van der Waals surface area (Å²) in [4.78, 5) is 16.0. The first-order valence-electron chi connectivity index (χ1n) is 11.3. The number of hydrogen-bond acceptors (Lipinski definition) is 4. The van der Waals surface area contributed by atoms with Crippen LogP contribution in [0.15, 0.2) is 60.7 Å². The molecular weight excluding hydrogens is 443 g/mol. The van der Waals surface area contributed by atoms with E-state index in [2.05, 4.69) is 6.92 Å². The molecule has 0 N–H and O–H groups in total. The number of ether oxygens (including phenoxy) is 2. The van der Waals surface area contributed by atoms with Crippen molar-refractivity contribution in [1.82, 2.24) is 4.98 Å². The lowest BCUT2D eigenvalue weighted by atomic mass is 10.0. The van der Waals surface area contributed by atoms with Gasteiger partial charge in [0, 0.05) is 12.5 Å². The molecule has 34 heavy (non-hydrogen) atoms. The van der Waals surface area contributed by atoms with E-state index in [-0.39, 0.29) is 6.10 Å². The van der Waals surface area contributed by atoms with Gasteiger partial charge in [-0.25, -0.2) is 4.98 Å². The van der Waals surface area contributed by atoms with Gasteiger partial charge in [-0.05, 0) is 67.8 Å². The highest BCUT2D eigenvalue weighted by atomic mass is 19.4. The maximum atomic E-state index is 12.9. The number of nitrogens with zero attached hydrogens (tertiary/aromatic N) is 1. The van der Waals surface area contributed by atoms with Gasteiger partial charge in [-0.2, -0.15) is 13.2 Å². The van der Waals surface area contributed by atoms with Crippen molar-refractivity contribution in [2.75, 3.05) is 0 Å². The topological polar surface area (TPSA) is 48.4 Å². The van der Waals surface area contributed by atoms with Crippen molar-refractivity contribution >= 4 is 5.97 Å². The minimum Gasteiger partial charge on any atom is -0.484 e. The van der Waals surface area contributed by atoms with Crippen molar-refractivity contribution in [3.63, 3.8) is 0 Å². The number of esters is 1. The van der Waals surface area contributed by atoms with E-state index in [0.29, 0.717) is 28.5 Å². The first kappa shape index (κ1) is 25.3. The third-order valence-electron chi connectivity index (χ3n) is 5.36. The van der Waals surface area contributed by atoms with Crippen molar-refractivity contribution in [1.29, 1.82) is 0 Å². The van der Waals surface area contributed by atoms with E-state index in [9.17, 15) is 18.0 Å². The number of unbranched alkanes of at least 4 members (excludes halogenated alkanes) is 2. The second-order valence-corrected chi connectivity index (χ2v) is 8.15. The van der Waals surface area contributed by atoms with Gasteiger partial charge in [0.05, 0.1) is 17.0 Å². The van der Waals surface area contributed by atoms with Gasteiger partial charge in [-0.15, -0.1) is 0 Å². The molecule has 0 aliphatic carbocycles. The van der Waals surface area contributed by atoms with Crippen LogP contribution in [0.5, 0.6) is 11.5 Å². The Morgan fingerprint density at radius 3 is 2.38 bits per heavy atom. The van der Waals surface area contributed by atoms with E-state index in [4.69, 9.17) is 14.5 Å². The summed E-state index contributed by atoms with van der Waals surface area (Å²) in [6.45, 7) is 5.31. The lowest BCUT2D eigenvalue weighted by molar-refractivity contribution is -0.137. The van der Waals surface area contributed by atoms with Crippen LogP contribution in [0.4, 0.5) is 13.2 Å². The standard InChI is InChI=1S/C27H28F3NO3/c1-4-5-6-10-26(34-22-15-16-25(18(2)17-22)33-19(3)32)24-9-7-8-23(31-24)20-11-13-21(14-12-20)27(28,29)30/h7-9,11-17,26H,4-6,10H2,1-3H3. The molecule has 0 aliphatic rings. The van der Waals surface area contributed by atoms with Gasteiger partial charge < -0.3 is 9.47 Å². The number of carbonyl (C=O) groups is 1. The molecule has 0 saturated heterocycles. The molecule has 0 aliphatic heterocycles. The van der Waals surface area contributed by atoms with Gasteiger partial charge in [-0.1, -0.05) is 38.0 Å². The molecule has 1 aromatic heterocycles. The number of aromatic nitrogens is 1. The minimum absolute atomic E-state index is 0.333. The number of rotatable bonds is 9. The molecule has 0 saturated carbocycles. The van der Waals surface area contributed by atoms with Gasteiger partial charge in [0.2, 0.25) is 0 Å². The lowest BCUT2D eigenvalue weighted by Crippen LogP contribution is -2.11. The van der Waals surface area contributed by atoms with Gasteiger partial charge >= 0.3 is 12.1 Å². The largest absolute Gasteiger partial charge is 0.484 e. The summed E-state index contributed by atoms with van der Waals surface area (Å²) in [5, 5.41) is 0. The quantitative estimate of drug-likeness (QED) is 0.182. The molecular formula is C27H28F3NO3. The summed E-state index contributed by atoms with van der Waals surface area (Å²) in [6, 6.07) is 15.7. The molecule has 0 bridgehead atoms.